The van der Waals surface area contributed by atoms with E-state index in [0.29, 0.717) is 16.9 Å². The largest absolute Gasteiger partial charge is 0.496 e. The van der Waals surface area contributed by atoms with E-state index in [1.54, 1.807) is 35.2 Å². The quantitative estimate of drug-likeness (QED) is 0.445. The minimum atomic E-state index is -0.563. The van der Waals surface area contributed by atoms with Gasteiger partial charge in [0.1, 0.15) is 11.3 Å². The molecular formula is C17H18O4S2. The van der Waals surface area contributed by atoms with Gasteiger partial charge in [-0.25, -0.2) is 4.79 Å². The Morgan fingerprint density at radius 1 is 1.17 bits per heavy atom. The van der Waals surface area contributed by atoms with Crippen molar-refractivity contribution in [3.05, 3.63) is 45.1 Å². The van der Waals surface area contributed by atoms with E-state index in [2.05, 4.69) is 0 Å². The molecule has 1 aromatic carbocycles. The number of hydrogen-bond donors (Lipinski definition) is 0. The number of carbonyl (C=O) groups is 2. The first-order valence-electron chi connectivity index (χ1n) is 6.95. The number of thiophene rings is 1. The molecule has 0 aliphatic rings. The minimum Gasteiger partial charge on any atom is -0.496 e. The minimum absolute atomic E-state index is 0.195. The molecule has 0 aliphatic heterocycles. The summed E-state index contributed by atoms with van der Waals surface area (Å²) in [6, 6.07) is 7.06. The summed E-state index contributed by atoms with van der Waals surface area (Å²) in [5.74, 6) is -0.316. The number of ether oxygens (including phenoxy) is 2. The third-order valence-electron chi connectivity index (χ3n) is 3.30. The molecule has 2 rings (SSSR count). The SMILES string of the molecule is COc1cc(SC)ccc1C(=O)OCC(=O)c1cc(C)sc1C. The molecule has 0 amide bonds. The van der Waals surface area contributed by atoms with E-state index in [4.69, 9.17) is 9.47 Å². The summed E-state index contributed by atoms with van der Waals surface area (Å²) in [6.07, 6.45) is 1.94. The predicted octanol–water partition coefficient (Wildman–Crippen LogP) is 4.14. The van der Waals surface area contributed by atoms with Gasteiger partial charge in [-0.2, -0.15) is 0 Å². The van der Waals surface area contributed by atoms with Crippen molar-refractivity contribution in [2.45, 2.75) is 18.7 Å². The van der Waals surface area contributed by atoms with E-state index < -0.39 is 5.97 Å². The Morgan fingerprint density at radius 2 is 1.91 bits per heavy atom. The van der Waals surface area contributed by atoms with Gasteiger partial charge in [-0.3, -0.25) is 4.79 Å². The molecule has 0 aliphatic carbocycles. The van der Waals surface area contributed by atoms with Gasteiger partial charge in [-0.05, 0) is 44.4 Å². The number of esters is 1. The van der Waals surface area contributed by atoms with Crippen LogP contribution in [0.4, 0.5) is 0 Å². The molecule has 122 valence electrons. The molecule has 0 saturated carbocycles. The van der Waals surface area contributed by atoms with Gasteiger partial charge >= 0.3 is 5.97 Å². The average molecular weight is 350 g/mol. The highest BCUT2D eigenvalue weighted by atomic mass is 32.2. The molecule has 1 heterocycles. The molecular weight excluding hydrogens is 332 g/mol. The molecule has 0 radical (unpaired) electrons. The van der Waals surface area contributed by atoms with Crippen LogP contribution in [0.2, 0.25) is 0 Å². The van der Waals surface area contributed by atoms with Gasteiger partial charge in [0, 0.05) is 20.2 Å². The third kappa shape index (κ3) is 4.14. The van der Waals surface area contributed by atoms with Crippen LogP contribution in [0, 0.1) is 13.8 Å². The second kappa shape index (κ2) is 7.66. The Labute approximate surface area is 143 Å². The van der Waals surface area contributed by atoms with E-state index >= 15 is 0 Å². The Bertz CT molecular complexity index is 734. The van der Waals surface area contributed by atoms with Crippen LogP contribution in [-0.4, -0.2) is 31.7 Å². The van der Waals surface area contributed by atoms with Crippen LogP contribution < -0.4 is 4.74 Å². The molecule has 2 aromatic rings. The van der Waals surface area contributed by atoms with Gasteiger partial charge in [0.25, 0.3) is 0 Å². The van der Waals surface area contributed by atoms with Crippen molar-refractivity contribution in [2.75, 3.05) is 20.0 Å². The van der Waals surface area contributed by atoms with Crippen LogP contribution in [0.5, 0.6) is 5.75 Å². The van der Waals surface area contributed by atoms with Crippen LogP contribution in [0.15, 0.2) is 29.2 Å². The summed E-state index contributed by atoms with van der Waals surface area (Å²) in [7, 11) is 1.50. The van der Waals surface area contributed by atoms with Gasteiger partial charge < -0.3 is 9.47 Å². The Kier molecular flexibility index (Phi) is 5.85. The second-order valence-corrected chi connectivity index (χ2v) is 7.23. The van der Waals surface area contributed by atoms with Gasteiger partial charge in [-0.1, -0.05) is 0 Å². The molecule has 0 unspecified atom stereocenters. The topological polar surface area (TPSA) is 52.6 Å². The van der Waals surface area contributed by atoms with E-state index in [9.17, 15) is 9.59 Å². The van der Waals surface area contributed by atoms with Crippen molar-refractivity contribution < 1.29 is 19.1 Å². The summed E-state index contributed by atoms with van der Waals surface area (Å²) >= 11 is 3.11. The molecule has 1 aromatic heterocycles. The molecule has 0 bridgehead atoms. The molecule has 0 spiro atoms. The van der Waals surface area contributed by atoms with Crippen molar-refractivity contribution in [1.82, 2.24) is 0 Å². The van der Waals surface area contributed by atoms with Gasteiger partial charge in [0.15, 0.2) is 6.61 Å². The smallest absolute Gasteiger partial charge is 0.342 e. The summed E-state index contributed by atoms with van der Waals surface area (Å²) in [5, 5.41) is 0. The highest BCUT2D eigenvalue weighted by Gasteiger charge is 2.18. The standard InChI is InChI=1S/C17H18O4S2/c1-10-7-14(11(2)23-10)15(18)9-21-17(19)13-6-5-12(22-4)8-16(13)20-3/h5-8H,9H2,1-4H3. The van der Waals surface area contributed by atoms with Crippen LogP contribution in [0.3, 0.4) is 0 Å². The highest BCUT2D eigenvalue weighted by Crippen LogP contribution is 2.26. The maximum absolute atomic E-state index is 12.2. The van der Waals surface area contributed by atoms with Gasteiger partial charge in [-0.15, -0.1) is 23.1 Å². The number of ketones is 1. The number of hydrogen-bond acceptors (Lipinski definition) is 6. The number of carbonyl (C=O) groups excluding carboxylic acids is 2. The highest BCUT2D eigenvalue weighted by molar-refractivity contribution is 7.98. The molecule has 6 heteroatoms. The lowest BCUT2D eigenvalue weighted by Gasteiger charge is -2.09. The van der Waals surface area contributed by atoms with E-state index in [-0.39, 0.29) is 12.4 Å². The monoisotopic (exact) mass is 350 g/mol. The Hall–Kier alpha value is -1.79. The van der Waals surface area contributed by atoms with E-state index in [1.807, 2.05) is 32.2 Å². The number of rotatable bonds is 6. The van der Waals surface area contributed by atoms with Crippen molar-refractivity contribution in [3.63, 3.8) is 0 Å². The fourth-order valence-corrected chi connectivity index (χ4v) is 3.53. The Balaban J connectivity index is 2.08. The Morgan fingerprint density at radius 3 is 2.48 bits per heavy atom. The number of Topliss-reactive ketones (excluding diaryl/α,β-unsaturated/α-hetero) is 1. The molecule has 0 saturated heterocycles. The van der Waals surface area contributed by atoms with Crippen molar-refractivity contribution in [3.8, 4) is 5.75 Å². The van der Waals surface area contributed by atoms with Gasteiger partial charge in [0.2, 0.25) is 5.78 Å². The maximum Gasteiger partial charge on any atom is 0.342 e. The van der Waals surface area contributed by atoms with Crippen LogP contribution in [0.1, 0.15) is 30.5 Å². The summed E-state index contributed by atoms with van der Waals surface area (Å²) < 4.78 is 10.4. The van der Waals surface area contributed by atoms with Crippen molar-refractivity contribution in [2.24, 2.45) is 0 Å². The van der Waals surface area contributed by atoms with E-state index in [1.165, 1.54) is 7.11 Å². The predicted molar refractivity (Wildman–Crippen MR) is 93.2 cm³/mol. The summed E-state index contributed by atoms with van der Waals surface area (Å²) in [6.45, 7) is 3.55. The lowest BCUT2D eigenvalue weighted by molar-refractivity contribution is 0.0471. The van der Waals surface area contributed by atoms with Crippen LogP contribution >= 0.6 is 23.1 Å². The first kappa shape index (κ1) is 17.6. The number of methoxy groups -OCH3 is 1. The van der Waals surface area contributed by atoms with Crippen LogP contribution in [-0.2, 0) is 4.74 Å². The first-order chi connectivity index (χ1) is 11.0. The molecule has 4 nitrogen and oxygen atoms in total. The molecule has 23 heavy (non-hydrogen) atoms. The lowest BCUT2D eigenvalue weighted by atomic mass is 10.1. The van der Waals surface area contributed by atoms with Crippen LogP contribution in [0.25, 0.3) is 0 Å². The summed E-state index contributed by atoms with van der Waals surface area (Å²) in [5.41, 5.74) is 0.932. The molecule has 0 fully saturated rings. The molecule has 0 atom stereocenters. The van der Waals surface area contributed by atoms with Gasteiger partial charge in [0.05, 0.1) is 7.11 Å². The number of thioether (sulfide) groups is 1. The average Bonchev–Trinajstić information content (AvgIpc) is 2.90. The van der Waals surface area contributed by atoms with Crippen molar-refractivity contribution >= 4 is 34.9 Å². The first-order valence-corrected chi connectivity index (χ1v) is 8.99. The zero-order chi connectivity index (χ0) is 17.0. The number of benzene rings is 1. The zero-order valence-electron chi connectivity index (χ0n) is 13.5. The number of aryl methyl sites for hydroxylation is 2. The van der Waals surface area contributed by atoms with Crippen molar-refractivity contribution in [1.29, 1.82) is 0 Å². The third-order valence-corrected chi connectivity index (χ3v) is 5.00. The lowest BCUT2D eigenvalue weighted by Crippen LogP contribution is -2.15. The zero-order valence-corrected chi connectivity index (χ0v) is 15.1. The maximum atomic E-state index is 12.2. The fourth-order valence-electron chi connectivity index (χ4n) is 2.16. The van der Waals surface area contributed by atoms with E-state index in [0.717, 1.165) is 14.6 Å². The normalized spacial score (nSPS) is 10.4. The molecule has 0 N–H and O–H groups in total. The second-order valence-electron chi connectivity index (χ2n) is 4.89. The fraction of sp³-hybridized carbons (Fsp3) is 0.294. The summed E-state index contributed by atoms with van der Waals surface area (Å²) in [4.78, 5) is 27.3.